The number of rotatable bonds is 5. The molecule has 4 aromatic rings. The molecular weight excluding hydrogens is 545 g/mol. The number of nitrogens with one attached hydrogen (secondary N) is 1. The zero-order chi connectivity index (χ0) is 31.0. The van der Waals surface area contributed by atoms with E-state index in [0.717, 1.165) is 22.7 Å². The minimum atomic E-state index is -2.89. The molecule has 0 radical (unpaired) electrons. The van der Waals surface area contributed by atoms with E-state index in [1.807, 2.05) is 71.1 Å². The number of fused-ring (bicyclic) bond motifs is 3. The number of alkyl halides is 2. The van der Waals surface area contributed by atoms with Crippen molar-refractivity contribution in [3.05, 3.63) is 65.7 Å². The van der Waals surface area contributed by atoms with Crippen molar-refractivity contribution < 1.29 is 22.7 Å². The first-order valence-electron chi connectivity index (χ1n) is 14.4. The Labute approximate surface area is 245 Å². The SMILES string of the molecule is CC.CC.CC(C)(C)OC(=O)N1CCN(c2ccc3c(c2)c(NCc2cccc(C(F)F)c2F)nc2nccn23)CC1. The number of hydrogen-bond donors (Lipinski definition) is 1. The van der Waals surface area contributed by atoms with Crippen molar-refractivity contribution in [2.45, 2.75) is 67.0 Å². The van der Waals surface area contributed by atoms with Gasteiger partial charge in [0.25, 0.3) is 6.43 Å². The summed E-state index contributed by atoms with van der Waals surface area (Å²) in [6.45, 7) is 15.8. The van der Waals surface area contributed by atoms with Gasteiger partial charge in [-0.1, -0.05) is 45.9 Å². The van der Waals surface area contributed by atoms with E-state index in [1.165, 1.54) is 12.1 Å². The first-order chi connectivity index (χ1) is 20.1. The lowest BCUT2D eigenvalue weighted by atomic mass is 10.1. The minimum absolute atomic E-state index is 0.0236. The molecule has 228 valence electrons. The van der Waals surface area contributed by atoms with Crippen molar-refractivity contribution in [2.75, 3.05) is 36.4 Å². The standard InChI is InChI=1S/C27H29F3N6O2.2C2H6/c1-27(2,3)38-26(37)35-13-11-34(12-14-35)18-7-8-21-20(15-18)24(33-25-31-9-10-36(21)25)32-16-17-5-4-6-19(22(17)28)23(29)30;2*1-2/h4-10,15,23H,11-14,16H2,1-3H3,(H,31,32,33);2*1-2H3. The molecule has 8 nitrogen and oxygen atoms in total. The van der Waals surface area contributed by atoms with Crippen LogP contribution in [-0.2, 0) is 11.3 Å². The molecule has 2 aromatic carbocycles. The second-order valence-electron chi connectivity index (χ2n) is 10.2. The minimum Gasteiger partial charge on any atom is -0.444 e. The molecule has 1 fully saturated rings. The average Bonchev–Trinajstić information content (AvgIpc) is 3.46. The van der Waals surface area contributed by atoms with Crippen LogP contribution in [0.2, 0.25) is 0 Å². The van der Waals surface area contributed by atoms with E-state index in [4.69, 9.17) is 4.74 Å². The molecule has 1 N–H and O–H groups in total. The molecule has 0 bridgehead atoms. The second-order valence-corrected chi connectivity index (χ2v) is 10.2. The summed E-state index contributed by atoms with van der Waals surface area (Å²) in [6.07, 6.45) is 0.228. The van der Waals surface area contributed by atoms with Crippen molar-refractivity contribution in [1.82, 2.24) is 19.3 Å². The number of aromatic nitrogens is 3. The molecule has 1 saturated heterocycles. The highest BCUT2D eigenvalue weighted by Crippen LogP contribution is 2.30. The van der Waals surface area contributed by atoms with Crippen LogP contribution in [0.1, 0.15) is 66.0 Å². The Kier molecular flexibility index (Phi) is 11.0. The molecule has 2 aromatic heterocycles. The second kappa shape index (κ2) is 14.2. The highest BCUT2D eigenvalue weighted by Gasteiger charge is 2.26. The van der Waals surface area contributed by atoms with Crippen LogP contribution in [-0.4, -0.2) is 57.1 Å². The van der Waals surface area contributed by atoms with Crippen LogP contribution in [0.15, 0.2) is 48.8 Å². The summed E-state index contributed by atoms with van der Waals surface area (Å²) in [5.41, 5.74) is 0.726. The lowest BCUT2D eigenvalue weighted by Gasteiger charge is -2.36. The van der Waals surface area contributed by atoms with Gasteiger partial charge >= 0.3 is 6.09 Å². The van der Waals surface area contributed by atoms with Gasteiger partial charge in [0.05, 0.1) is 11.1 Å². The van der Waals surface area contributed by atoms with Crippen LogP contribution in [0.3, 0.4) is 0 Å². The van der Waals surface area contributed by atoms with Crippen LogP contribution in [0, 0.1) is 5.82 Å². The Hall–Kier alpha value is -4.02. The van der Waals surface area contributed by atoms with E-state index in [2.05, 4.69) is 20.2 Å². The fourth-order valence-corrected chi connectivity index (χ4v) is 4.54. The van der Waals surface area contributed by atoms with Gasteiger partial charge < -0.3 is 19.9 Å². The van der Waals surface area contributed by atoms with Crippen LogP contribution in [0.4, 0.5) is 29.5 Å². The van der Waals surface area contributed by atoms with Gasteiger partial charge in [-0.25, -0.2) is 22.9 Å². The number of carbonyl (C=O) groups excluding carboxylic acids is 1. The third kappa shape index (κ3) is 7.43. The van der Waals surface area contributed by atoms with Crippen LogP contribution in [0.5, 0.6) is 0 Å². The summed E-state index contributed by atoms with van der Waals surface area (Å²) in [4.78, 5) is 25.2. The smallest absolute Gasteiger partial charge is 0.410 e. The summed E-state index contributed by atoms with van der Waals surface area (Å²) < 4.78 is 48.3. The normalized spacial score (nSPS) is 13.4. The summed E-state index contributed by atoms with van der Waals surface area (Å²) in [5.74, 6) is 0.0000565. The van der Waals surface area contributed by atoms with E-state index in [0.29, 0.717) is 37.8 Å². The van der Waals surface area contributed by atoms with E-state index in [9.17, 15) is 18.0 Å². The largest absolute Gasteiger partial charge is 0.444 e. The van der Waals surface area contributed by atoms with Crippen LogP contribution in [0.25, 0.3) is 16.7 Å². The number of anilines is 2. The van der Waals surface area contributed by atoms with Gasteiger partial charge in [0, 0.05) is 61.8 Å². The Morgan fingerprint density at radius 3 is 2.38 bits per heavy atom. The van der Waals surface area contributed by atoms with E-state index >= 15 is 0 Å². The topological polar surface area (TPSA) is 75.0 Å². The molecule has 1 aliphatic rings. The fourth-order valence-electron chi connectivity index (χ4n) is 4.54. The molecule has 11 heteroatoms. The zero-order valence-corrected chi connectivity index (χ0v) is 25.4. The molecule has 42 heavy (non-hydrogen) atoms. The van der Waals surface area contributed by atoms with Crippen molar-refractivity contribution in [3.8, 4) is 0 Å². The lowest BCUT2D eigenvalue weighted by molar-refractivity contribution is 0.0240. The summed E-state index contributed by atoms with van der Waals surface area (Å²) in [6, 6.07) is 9.92. The molecule has 1 amide bonds. The van der Waals surface area contributed by atoms with Crippen LogP contribution >= 0.6 is 0 Å². The summed E-state index contributed by atoms with van der Waals surface area (Å²) in [7, 11) is 0. The highest BCUT2D eigenvalue weighted by molar-refractivity contribution is 5.93. The van der Waals surface area contributed by atoms with E-state index in [-0.39, 0.29) is 18.2 Å². The molecule has 0 spiro atoms. The third-order valence-electron chi connectivity index (χ3n) is 6.41. The highest BCUT2D eigenvalue weighted by atomic mass is 19.3. The molecule has 0 saturated carbocycles. The Bertz CT molecular complexity index is 1480. The Morgan fingerprint density at radius 1 is 1.05 bits per heavy atom. The maximum atomic E-state index is 14.6. The van der Waals surface area contributed by atoms with Gasteiger partial charge in [-0.15, -0.1) is 0 Å². The van der Waals surface area contributed by atoms with Gasteiger partial charge in [-0.05, 0) is 39.0 Å². The van der Waals surface area contributed by atoms with Crippen molar-refractivity contribution in [3.63, 3.8) is 0 Å². The quantitative estimate of drug-likeness (QED) is 0.259. The molecule has 0 atom stereocenters. The number of hydrogen-bond acceptors (Lipinski definition) is 6. The number of imidazole rings is 1. The molecule has 3 heterocycles. The third-order valence-corrected chi connectivity index (χ3v) is 6.41. The monoisotopic (exact) mass is 586 g/mol. The zero-order valence-electron chi connectivity index (χ0n) is 25.4. The number of benzene rings is 2. The maximum absolute atomic E-state index is 14.6. The predicted octanol–water partition coefficient (Wildman–Crippen LogP) is 7.68. The Balaban J connectivity index is 0.00000116. The van der Waals surface area contributed by atoms with Gasteiger partial charge in [0.1, 0.15) is 17.2 Å². The molecule has 5 rings (SSSR count). The number of halogens is 3. The van der Waals surface area contributed by atoms with Crippen molar-refractivity contribution >= 4 is 34.3 Å². The first-order valence-corrected chi connectivity index (χ1v) is 14.4. The fraction of sp³-hybridized carbons (Fsp3) is 0.452. The van der Waals surface area contributed by atoms with Crippen molar-refractivity contribution in [2.24, 2.45) is 0 Å². The van der Waals surface area contributed by atoms with E-state index in [1.54, 1.807) is 17.3 Å². The van der Waals surface area contributed by atoms with Gasteiger partial charge in [0.15, 0.2) is 0 Å². The van der Waals surface area contributed by atoms with Gasteiger partial charge in [0.2, 0.25) is 5.78 Å². The molecular formula is C31H41F3N6O2. The van der Waals surface area contributed by atoms with Gasteiger partial charge in [-0.3, -0.25) is 4.40 Å². The maximum Gasteiger partial charge on any atom is 0.410 e. The molecule has 0 aliphatic carbocycles. The summed E-state index contributed by atoms with van der Waals surface area (Å²) >= 11 is 0. The first kappa shape index (κ1) is 32.5. The number of piperazine rings is 1. The number of nitrogens with zero attached hydrogens (tertiary/aromatic N) is 5. The summed E-state index contributed by atoms with van der Waals surface area (Å²) in [5, 5.41) is 3.90. The number of ether oxygens (including phenoxy) is 1. The molecule has 1 aliphatic heterocycles. The Morgan fingerprint density at radius 2 is 1.74 bits per heavy atom. The predicted molar refractivity (Wildman–Crippen MR) is 162 cm³/mol. The lowest BCUT2D eigenvalue weighted by Crippen LogP contribution is -2.50. The number of carbonyl (C=O) groups is 1. The van der Waals surface area contributed by atoms with Crippen molar-refractivity contribution in [1.29, 1.82) is 0 Å². The van der Waals surface area contributed by atoms with E-state index < -0.39 is 23.4 Å². The van der Waals surface area contributed by atoms with Gasteiger partial charge in [-0.2, -0.15) is 4.98 Å². The average molecular weight is 587 g/mol. The number of amides is 1. The van der Waals surface area contributed by atoms with Crippen LogP contribution < -0.4 is 10.2 Å². The molecule has 0 unspecified atom stereocenters.